The van der Waals surface area contributed by atoms with Gasteiger partial charge in [-0.15, -0.1) is 0 Å². The van der Waals surface area contributed by atoms with E-state index in [0.717, 1.165) is 12.2 Å². The van der Waals surface area contributed by atoms with Crippen molar-refractivity contribution >= 4 is 6.47 Å². The molecule has 0 bridgehead atoms. The quantitative estimate of drug-likeness (QED) is 0.427. The molecule has 0 aromatic heterocycles. The predicted molar refractivity (Wildman–Crippen MR) is 140 cm³/mol. The Kier molecular flexibility index (Phi) is 9.46. The van der Waals surface area contributed by atoms with Gasteiger partial charge in [-0.3, -0.25) is 4.79 Å². The number of aliphatic hydroxyl groups is 1. The average Bonchev–Trinajstić information content (AvgIpc) is 2.80. The van der Waals surface area contributed by atoms with E-state index in [1.807, 2.05) is 0 Å². The van der Waals surface area contributed by atoms with Gasteiger partial charge in [-0.1, -0.05) is 61.0 Å². The Balaban J connectivity index is 0.000000391. The summed E-state index contributed by atoms with van der Waals surface area (Å²) in [7, 11) is 1.31. The standard InChI is InChI=1S/C24H24O.C4H10O.C2H4O2/c1-5-20-16(3)24-23(21-9-7-6-8-19(21)14-25-24)17(4)22(20)18-12-10-15(2)11-13-18;1-4(2,3)5;1-4-2-3/h6-13H,5,14H2,1-4H3;5H,1-3H3;2H,1H3. The molecule has 0 fully saturated rings. The number of ether oxygens (including phenoxy) is 2. The summed E-state index contributed by atoms with van der Waals surface area (Å²) in [6.07, 6.45) is 1.01. The van der Waals surface area contributed by atoms with Crippen molar-refractivity contribution in [3.63, 3.8) is 0 Å². The van der Waals surface area contributed by atoms with Crippen LogP contribution < -0.4 is 4.74 Å². The van der Waals surface area contributed by atoms with E-state index in [1.165, 1.54) is 57.2 Å². The molecule has 0 aliphatic carbocycles. The van der Waals surface area contributed by atoms with Gasteiger partial charge in [0.2, 0.25) is 0 Å². The van der Waals surface area contributed by atoms with Gasteiger partial charge in [-0.25, -0.2) is 0 Å². The minimum Gasteiger partial charge on any atom is -0.488 e. The second kappa shape index (κ2) is 11.8. The summed E-state index contributed by atoms with van der Waals surface area (Å²) in [4.78, 5) is 8.95. The maximum Gasteiger partial charge on any atom is 0.292 e. The van der Waals surface area contributed by atoms with Gasteiger partial charge in [-0.05, 0) is 86.9 Å². The van der Waals surface area contributed by atoms with Crippen LogP contribution in [0.3, 0.4) is 0 Å². The summed E-state index contributed by atoms with van der Waals surface area (Å²) in [5.41, 5.74) is 11.3. The molecule has 4 rings (SSSR count). The van der Waals surface area contributed by atoms with E-state index in [0.29, 0.717) is 13.1 Å². The highest BCUT2D eigenvalue weighted by atomic mass is 16.5. The van der Waals surface area contributed by atoms with Crippen LogP contribution in [0.15, 0.2) is 48.5 Å². The fraction of sp³-hybridized carbons (Fsp3) is 0.367. The number of benzene rings is 3. The van der Waals surface area contributed by atoms with Crippen molar-refractivity contribution in [2.24, 2.45) is 0 Å². The van der Waals surface area contributed by atoms with E-state index in [4.69, 9.17) is 14.6 Å². The highest BCUT2D eigenvalue weighted by Gasteiger charge is 2.26. The van der Waals surface area contributed by atoms with Gasteiger partial charge in [0.25, 0.3) is 6.47 Å². The third kappa shape index (κ3) is 6.71. The first-order chi connectivity index (χ1) is 16.0. The van der Waals surface area contributed by atoms with Crippen molar-refractivity contribution in [3.8, 4) is 28.0 Å². The van der Waals surface area contributed by atoms with Gasteiger partial charge in [0.1, 0.15) is 12.4 Å². The number of fused-ring (bicyclic) bond motifs is 3. The molecule has 0 unspecified atom stereocenters. The molecule has 1 N–H and O–H groups in total. The smallest absolute Gasteiger partial charge is 0.292 e. The molecule has 0 spiro atoms. The number of carbonyl (C=O) groups excluding carboxylic acids is 1. The van der Waals surface area contributed by atoms with E-state index in [1.54, 1.807) is 20.8 Å². The minimum absolute atomic E-state index is 0.375. The highest BCUT2D eigenvalue weighted by molar-refractivity contribution is 5.88. The van der Waals surface area contributed by atoms with Gasteiger partial charge in [0.15, 0.2) is 0 Å². The first-order valence-corrected chi connectivity index (χ1v) is 11.7. The van der Waals surface area contributed by atoms with Crippen LogP contribution in [0.4, 0.5) is 0 Å². The first-order valence-electron chi connectivity index (χ1n) is 11.7. The van der Waals surface area contributed by atoms with Gasteiger partial charge in [0, 0.05) is 5.56 Å². The van der Waals surface area contributed by atoms with Crippen LogP contribution in [0.25, 0.3) is 22.3 Å². The van der Waals surface area contributed by atoms with Gasteiger partial charge >= 0.3 is 0 Å². The zero-order chi connectivity index (χ0) is 25.5. The summed E-state index contributed by atoms with van der Waals surface area (Å²) >= 11 is 0. The lowest BCUT2D eigenvalue weighted by Crippen LogP contribution is -2.11. The fourth-order valence-electron chi connectivity index (χ4n) is 4.13. The largest absolute Gasteiger partial charge is 0.488 e. The zero-order valence-electron chi connectivity index (χ0n) is 21.8. The van der Waals surface area contributed by atoms with E-state index >= 15 is 0 Å². The number of hydrogen-bond acceptors (Lipinski definition) is 4. The van der Waals surface area contributed by atoms with Gasteiger partial charge in [-0.2, -0.15) is 0 Å². The molecule has 1 aliphatic rings. The molecule has 0 saturated carbocycles. The predicted octanol–water partition coefficient (Wildman–Crippen LogP) is 6.97. The maximum absolute atomic E-state index is 8.95. The van der Waals surface area contributed by atoms with E-state index in [9.17, 15) is 0 Å². The molecule has 34 heavy (non-hydrogen) atoms. The summed E-state index contributed by atoms with van der Waals surface area (Å²) in [6, 6.07) is 17.5. The molecule has 4 heteroatoms. The molecule has 182 valence electrons. The molecular weight excluding hydrogens is 424 g/mol. The van der Waals surface area contributed by atoms with Crippen molar-refractivity contribution in [1.82, 2.24) is 0 Å². The van der Waals surface area contributed by atoms with Crippen LogP contribution in [0.2, 0.25) is 0 Å². The lowest BCUT2D eigenvalue weighted by atomic mass is 9.82. The number of aryl methyl sites for hydroxylation is 1. The van der Waals surface area contributed by atoms with E-state index < -0.39 is 5.60 Å². The maximum atomic E-state index is 8.95. The van der Waals surface area contributed by atoms with Gasteiger partial charge in [0.05, 0.1) is 12.7 Å². The molecule has 1 heterocycles. The van der Waals surface area contributed by atoms with Crippen LogP contribution >= 0.6 is 0 Å². The number of hydrogen-bond donors (Lipinski definition) is 1. The molecule has 0 saturated heterocycles. The molecule has 3 aromatic rings. The summed E-state index contributed by atoms with van der Waals surface area (Å²) < 4.78 is 10.1. The summed E-state index contributed by atoms with van der Waals surface area (Å²) in [5.74, 6) is 1.07. The van der Waals surface area contributed by atoms with Gasteiger partial charge < -0.3 is 14.6 Å². The van der Waals surface area contributed by atoms with Crippen molar-refractivity contribution in [2.45, 2.75) is 67.1 Å². The van der Waals surface area contributed by atoms with Crippen LogP contribution in [-0.4, -0.2) is 24.3 Å². The Morgan fingerprint density at radius 3 is 2.06 bits per heavy atom. The van der Waals surface area contributed by atoms with Crippen molar-refractivity contribution in [1.29, 1.82) is 0 Å². The van der Waals surface area contributed by atoms with Crippen molar-refractivity contribution in [3.05, 3.63) is 76.3 Å². The third-order valence-corrected chi connectivity index (χ3v) is 5.52. The molecule has 0 atom stereocenters. The minimum atomic E-state index is -0.500. The number of methoxy groups -OCH3 is 1. The Morgan fingerprint density at radius 2 is 1.53 bits per heavy atom. The lowest BCUT2D eigenvalue weighted by Gasteiger charge is -2.28. The van der Waals surface area contributed by atoms with Crippen LogP contribution in [0.1, 0.15) is 55.5 Å². The normalized spacial score (nSPS) is 11.4. The molecule has 3 aromatic carbocycles. The highest BCUT2D eigenvalue weighted by Crippen LogP contribution is 2.47. The Labute approximate surface area is 204 Å². The monoisotopic (exact) mass is 462 g/mol. The molecule has 4 nitrogen and oxygen atoms in total. The Bertz CT molecular complexity index is 1100. The number of carbonyl (C=O) groups is 1. The van der Waals surface area contributed by atoms with E-state index in [2.05, 4.69) is 81.0 Å². The van der Waals surface area contributed by atoms with E-state index in [-0.39, 0.29) is 0 Å². The molecular formula is C30H38O4. The number of rotatable bonds is 3. The second-order valence-corrected chi connectivity index (χ2v) is 9.48. The molecule has 1 aliphatic heterocycles. The molecule has 0 radical (unpaired) electrons. The third-order valence-electron chi connectivity index (χ3n) is 5.52. The first kappa shape index (κ1) is 27.1. The van der Waals surface area contributed by atoms with Crippen LogP contribution in [-0.2, 0) is 22.6 Å². The van der Waals surface area contributed by atoms with Crippen LogP contribution in [0, 0.1) is 20.8 Å². The summed E-state index contributed by atoms with van der Waals surface area (Å²) in [5, 5.41) is 8.52. The van der Waals surface area contributed by atoms with Crippen molar-refractivity contribution < 1.29 is 19.4 Å². The Hall–Kier alpha value is -3.11. The topological polar surface area (TPSA) is 55.8 Å². The average molecular weight is 463 g/mol. The Morgan fingerprint density at radius 1 is 0.971 bits per heavy atom. The van der Waals surface area contributed by atoms with Crippen molar-refractivity contribution in [2.75, 3.05) is 7.11 Å². The zero-order valence-corrected chi connectivity index (χ0v) is 21.8. The lowest BCUT2D eigenvalue weighted by molar-refractivity contribution is -0.126. The fourth-order valence-corrected chi connectivity index (χ4v) is 4.13. The molecule has 0 amide bonds. The summed E-state index contributed by atoms with van der Waals surface area (Å²) in [6.45, 7) is 15.1. The SMILES string of the molecule is CC(C)(C)O.CCc1c(C)c2c(c(C)c1-c1ccc(C)cc1)-c1ccccc1CO2.COC=O. The van der Waals surface area contributed by atoms with Crippen LogP contribution in [0.5, 0.6) is 5.75 Å². The second-order valence-electron chi connectivity index (χ2n) is 9.48.